The van der Waals surface area contributed by atoms with Crippen molar-refractivity contribution >= 4 is 34.3 Å². The number of nitrogens with one attached hydrogen (secondary N) is 1. The molecule has 1 aromatic heterocycles. The summed E-state index contributed by atoms with van der Waals surface area (Å²) in [7, 11) is 0. The van der Waals surface area contributed by atoms with Gasteiger partial charge >= 0.3 is 5.97 Å². The Morgan fingerprint density at radius 3 is 2.44 bits per heavy atom. The zero-order chi connectivity index (χ0) is 19.6. The number of halogens is 1. The summed E-state index contributed by atoms with van der Waals surface area (Å²) in [6.07, 6.45) is 0.250. The summed E-state index contributed by atoms with van der Waals surface area (Å²) in [5.41, 5.74) is 1.30. The largest absolute Gasteiger partial charge is 0.491 e. The normalized spacial score (nSPS) is 11.0. The van der Waals surface area contributed by atoms with Gasteiger partial charge in [-0.25, -0.2) is 0 Å². The average molecular weight is 386 g/mol. The second-order valence-electron chi connectivity index (χ2n) is 6.37. The number of carbonyl (C=O) groups is 2. The Labute approximate surface area is 162 Å². The number of carbonyl (C=O) groups excluding carboxylic acids is 2. The maximum Gasteiger partial charge on any atom is 0.310 e. The molecule has 3 aromatic rings. The zero-order valence-corrected chi connectivity index (χ0v) is 16.1. The third kappa shape index (κ3) is 4.14. The molecule has 5 nitrogen and oxygen atoms in total. The predicted octanol–water partition coefficient (Wildman–Crippen LogP) is 5.15. The molecular formula is C21H20ClNO4. The number of rotatable bonds is 6. The lowest BCUT2D eigenvalue weighted by Gasteiger charge is -2.10. The van der Waals surface area contributed by atoms with Crippen molar-refractivity contribution in [3.8, 4) is 11.5 Å². The molecule has 0 atom stereocenters. The quantitative estimate of drug-likeness (QED) is 0.470. The minimum atomic E-state index is -0.416. The van der Waals surface area contributed by atoms with Crippen LogP contribution in [0.3, 0.4) is 0 Å². The highest BCUT2D eigenvalue weighted by molar-refractivity contribution is 6.31. The molecule has 0 bridgehead atoms. The molecule has 27 heavy (non-hydrogen) atoms. The summed E-state index contributed by atoms with van der Waals surface area (Å²) >= 11 is 6.04. The van der Waals surface area contributed by atoms with Gasteiger partial charge in [0.1, 0.15) is 11.4 Å². The van der Waals surface area contributed by atoms with Crippen LogP contribution in [0.2, 0.25) is 5.02 Å². The molecule has 0 unspecified atom stereocenters. The van der Waals surface area contributed by atoms with E-state index in [1.54, 1.807) is 49.4 Å². The fourth-order valence-corrected chi connectivity index (χ4v) is 2.87. The van der Waals surface area contributed by atoms with E-state index >= 15 is 0 Å². The smallest absolute Gasteiger partial charge is 0.310 e. The number of benzene rings is 2. The van der Waals surface area contributed by atoms with Gasteiger partial charge in [0.25, 0.3) is 0 Å². The van der Waals surface area contributed by atoms with Gasteiger partial charge in [0.15, 0.2) is 5.75 Å². The van der Waals surface area contributed by atoms with Gasteiger partial charge in [0.05, 0.1) is 11.6 Å². The number of aromatic nitrogens is 1. The highest BCUT2D eigenvalue weighted by atomic mass is 35.5. The molecule has 0 amide bonds. The van der Waals surface area contributed by atoms with Crippen LogP contribution in [-0.4, -0.2) is 22.8 Å². The van der Waals surface area contributed by atoms with Gasteiger partial charge in [-0.1, -0.05) is 18.5 Å². The lowest BCUT2D eigenvalue weighted by molar-refractivity contribution is -0.133. The minimum Gasteiger partial charge on any atom is -0.491 e. The van der Waals surface area contributed by atoms with Gasteiger partial charge in [-0.05, 0) is 56.3 Å². The molecule has 1 N–H and O–H groups in total. The van der Waals surface area contributed by atoms with Crippen LogP contribution in [0.5, 0.6) is 11.5 Å². The lowest BCUT2D eigenvalue weighted by atomic mass is 10.1. The van der Waals surface area contributed by atoms with E-state index in [4.69, 9.17) is 21.1 Å². The number of ketones is 1. The van der Waals surface area contributed by atoms with Crippen molar-refractivity contribution in [2.45, 2.75) is 33.3 Å². The number of ether oxygens (including phenoxy) is 2. The summed E-state index contributed by atoms with van der Waals surface area (Å²) in [5.74, 6) is 0.210. The van der Waals surface area contributed by atoms with E-state index < -0.39 is 5.97 Å². The summed E-state index contributed by atoms with van der Waals surface area (Å²) < 4.78 is 11.1. The maximum absolute atomic E-state index is 13.0. The van der Waals surface area contributed by atoms with Crippen molar-refractivity contribution in [2.24, 2.45) is 0 Å². The molecule has 0 aliphatic rings. The van der Waals surface area contributed by atoms with E-state index in [1.807, 2.05) is 13.8 Å². The first-order valence-electron chi connectivity index (χ1n) is 8.72. The summed E-state index contributed by atoms with van der Waals surface area (Å²) in [6, 6.07) is 12.0. The van der Waals surface area contributed by atoms with Crippen molar-refractivity contribution in [3.63, 3.8) is 0 Å². The molecule has 0 aliphatic carbocycles. The van der Waals surface area contributed by atoms with E-state index in [-0.39, 0.29) is 29.8 Å². The SMILES string of the molecule is CCC(=O)Oc1c(C(=O)c2ccc(OC(C)C)cc2)[nH]c2cc(Cl)ccc12. The van der Waals surface area contributed by atoms with Crippen molar-refractivity contribution in [1.82, 2.24) is 4.98 Å². The van der Waals surface area contributed by atoms with Crippen molar-refractivity contribution in [3.05, 3.63) is 58.7 Å². The fourth-order valence-electron chi connectivity index (χ4n) is 2.70. The number of hydrogen-bond acceptors (Lipinski definition) is 4. The Morgan fingerprint density at radius 2 is 1.81 bits per heavy atom. The number of hydrogen-bond donors (Lipinski definition) is 1. The number of aromatic amines is 1. The van der Waals surface area contributed by atoms with Crippen molar-refractivity contribution < 1.29 is 19.1 Å². The van der Waals surface area contributed by atoms with Crippen LogP contribution in [0.15, 0.2) is 42.5 Å². The second-order valence-corrected chi connectivity index (χ2v) is 6.80. The third-order valence-electron chi connectivity index (χ3n) is 3.93. The van der Waals surface area contributed by atoms with Crippen LogP contribution >= 0.6 is 11.6 Å². The Hall–Kier alpha value is -2.79. The monoisotopic (exact) mass is 385 g/mol. The molecule has 1 heterocycles. The van der Waals surface area contributed by atoms with Crippen LogP contribution < -0.4 is 9.47 Å². The molecule has 2 aromatic carbocycles. The minimum absolute atomic E-state index is 0.0464. The van der Waals surface area contributed by atoms with Crippen LogP contribution in [-0.2, 0) is 4.79 Å². The van der Waals surface area contributed by atoms with Crippen LogP contribution in [0.25, 0.3) is 10.9 Å². The second kappa shape index (κ2) is 7.84. The van der Waals surface area contributed by atoms with E-state index in [1.165, 1.54) is 0 Å². The summed E-state index contributed by atoms with van der Waals surface area (Å²) in [5, 5.41) is 1.15. The molecule has 0 radical (unpaired) electrons. The van der Waals surface area contributed by atoms with Gasteiger partial charge < -0.3 is 14.5 Å². The van der Waals surface area contributed by atoms with Gasteiger partial charge in [-0.2, -0.15) is 0 Å². The van der Waals surface area contributed by atoms with Crippen molar-refractivity contribution in [1.29, 1.82) is 0 Å². The summed E-state index contributed by atoms with van der Waals surface area (Å²) in [4.78, 5) is 27.9. The molecule has 0 fully saturated rings. The third-order valence-corrected chi connectivity index (χ3v) is 4.17. The molecule has 0 saturated heterocycles. The zero-order valence-electron chi connectivity index (χ0n) is 15.3. The molecule has 140 valence electrons. The number of esters is 1. The Bertz CT molecular complexity index is 989. The van der Waals surface area contributed by atoms with Crippen LogP contribution in [0.4, 0.5) is 0 Å². The Morgan fingerprint density at radius 1 is 1.11 bits per heavy atom. The van der Waals surface area contributed by atoms with Crippen LogP contribution in [0.1, 0.15) is 43.2 Å². The fraction of sp³-hybridized carbons (Fsp3) is 0.238. The van der Waals surface area contributed by atoms with E-state index in [9.17, 15) is 9.59 Å². The molecule has 6 heteroatoms. The topological polar surface area (TPSA) is 68.4 Å². The van der Waals surface area contributed by atoms with Gasteiger partial charge in [0.2, 0.25) is 5.78 Å². The molecule has 0 spiro atoms. The van der Waals surface area contributed by atoms with E-state index in [0.717, 1.165) is 0 Å². The molecule has 3 rings (SSSR count). The first kappa shape index (κ1) is 19.0. The van der Waals surface area contributed by atoms with Crippen molar-refractivity contribution in [2.75, 3.05) is 0 Å². The van der Waals surface area contributed by atoms with E-state index in [0.29, 0.717) is 27.2 Å². The molecular weight excluding hydrogens is 366 g/mol. The van der Waals surface area contributed by atoms with Gasteiger partial charge in [-0.15, -0.1) is 0 Å². The molecule has 0 saturated carbocycles. The Kier molecular flexibility index (Phi) is 5.51. The summed E-state index contributed by atoms with van der Waals surface area (Å²) in [6.45, 7) is 5.56. The van der Waals surface area contributed by atoms with Gasteiger partial charge in [-0.3, -0.25) is 9.59 Å². The standard InChI is InChI=1S/C21H20ClNO4/c1-4-18(24)27-21-16-10-7-14(22)11-17(16)23-19(21)20(25)13-5-8-15(9-6-13)26-12(2)3/h5-12,23H,4H2,1-3H3. The average Bonchev–Trinajstić information content (AvgIpc) is 2.98. The number of H-pyrrole nitrogens is 1. The first-order chi connectivity index (χ1) is 12.9. The first-order valence-corrected chi connectivity index (χ1v) is 9.10. The predicted molar refractivity (Wildman–Crippen MR) is 105 cm³/mol. The lowest BCUT2D eigenvalue weighted by Crippen LogP contribution is -2.10. The maximum atomic E-state index is 13.0. The number of fused-ring (bicyclic) bond motifs is 1. The highest BCUT2D eigenvalue weighted by Crippen LogP contribution is 2.33. The van der Waals surface area contributed by atoms with Crippen LogP contribution in [0, 0.1) is 0 Å². The van der Waals surface area contributed by atoms with Gasteiger partial charge in [0, 0.05) is 22.4 Å². The Balaban J connectivity index is 2.02. The molecule has 0 aliphatic heterocycles. The highest BCUT2D eigenvalue weighted by Gasteiger charge is 2.22. The van der Waals surface area contributed by atoms with E-state index in [2.05, 4.69) is 4.98 Å².